The number of fused-ring (bicyclic) bond motifs is 2. The molecule has 1 amide bonds. The Bertz CT molecular complexity index is 957. The predicted octanol–water partition coefficient (Wildman–Crippen LogP) is 2.55. The highest BCUT2D eigenvalue weighted by Crippen LogP contribution is 2.24. The Kier molecular flexibility index (Phi) is 6.44. The molecule has 0 spiro atoms. The van der Waals surface area contributed by atoms with Gasteiger partial charge in [0.15, 0.2) is 0 Å². The van der Waals surface area contributed by atoms with Crippen molar-refractivity contribution in [3.63, 3.8) is 0 Å². The molecule has 2 aromatic carbocycles. The normalized spacial score (nSPS) is 21.8. The van der Waals surface area contributed by atoms with Crippen molar-refractivity contribution in [3.8, 4) is 0 Å². The third kappa shape index (κ3) is 4.82. The summed E-state index contributed by atoms with van der Waals surface area (Å²) in [7, 11) is 0. The van der Waals surface area contributed by atoms with Gasteiger partial charge in [-0.1, -0.05) is 30.3 Å². The van der Waals surface area contributed by atoms with Crippen LogP contribution >= 0.6 is 0 Å². The van der Waals surface area contributed by atoms with Crippen LogP contribution in [0.1, 0.15) is 33.5 Å². The monoisotopic (exact) mass is 435 g/mol. The Morgan fingerprint density at radius 3 is 2.75 bits per heavy atom. The van der Waals surface area contributed by atoms with Gasteiger partial charge in [-0.15, -0.1) is 0 Å². The quantitative estimate of drug-likeness (QED) is 0.700. The number of carbonyl (C=O) groups excluding carboxylic acids is 1. The Morgan fingerprint density at radius 2 is 1.91 bits per heavy atom. The van der Waals surface area contributed by atoms with E-state index in [0.29, 0.717) is 25.6 Å². The van der Waals surface area contributed by atoms with Crippen molar-refractivity contribution in [1.29, 1.82) is 0 Å². The predicted molar refractivity (Wildman–Crippen MR) is 125 cm³/mol. The lowest BCUT2D eigenvalue weighted by Gasteiger charge is -2.34. The van der Waals surface area contributed by atoms with Crippen molar-refractivity contribution in [2.24, 2.45) is 5.92 Å². The van der Waals surface area contributed by atoms with E-state index in [9.17, 15) is 9.90 Å². The van der Waals surface area contributed by atoms with Gasteiger partial charge in [-0.3, -0.25) is 9.69 Å². The molecule has 1 fully saturated rings. The molecule has 3 heterocycles. The first-order valence-corrected chi connectivity index (χ1v) is 11.9. The van der Waals surface area contributed by atoms with E-state index in [1.807, 2.05) is 11.0 Å². The molecule has 32 heavy (non-hydrogen) atoms. The standard InChI is InChI=1S/C26H33N3O3/c30-24(16-28-10-7-20-3-1-2-4-22(20)15-28)17-29-11-8-21-5-6-23(13-25(21)26(29)31)27-14-19-9-12-32-18-19/h1-6,13,19,24,27,30H,7-12,14-18H2/t19-,24+/m1/s1. The minimum Gasteiger partial charge on any atom is -0.390 e. The van der Waals surface area contributed by atoms with Crippen molar-refractivity contribution in [2.45, 2.75) is 31.9 Å². The summed E-state index contributed by atoms with van der Waals surface area (Å²) in [5.74, 6) is 0.567. The van der Waals surface area contributed by atoms with E-state index in [1.165, 1.54) is 11.1 Å². The number of hydrogen-bond donors (Lipinski definition) is 2. The molecule has 0 radical (unpaired) electrons. The fraction of sp³-hybridized carbons (Fsp3) is 0.500. The maximum atomic E-state index is 13.2. The third-order valence-electron chi connectivity index (χ3n) is 7.01. The van der Waals surface area contributed by atoms with E-state index in [0.717, 1.165) is 68.9 Å². The Labute approximate surface area is 190 Å². The van der Waals surface area contributed by atoms with Crippen LogP contribution in [0.25, 0.3) is 0 Å². The van der Waals surface area contributed by atoms with Crippen LogP contribution in [0.4, 0.5) is 5.69 Å². The second-order valence-corrected chi connectivity index (χ2v) is 9.39. The Hall–Kier alpha value is -2.41. The molecule has 3 aliphatic rings. The van der Waals surface area contributed by atoms with Gasteiger partial charge in [0, 0.05) is 63.0 Å². The number of anilines is 1. The van der Waals surface area contributed by atoms with Gasteiger partial charge in [-0.25, -0.2) is 0 Å². The Morgan fingerprint density at radius 1 is 1.06 bits per heavy atom. The summed E-state index contributed by atoms with van der Waals surface area (Å²) in [5, 5.41) is 14.2. The molecule has 0 aromatic heterocycles. The molecule has 6 heteroatoms. The van der Waals surface area contributed by atoms with Gasteiger partial charge >= 0.3 is 0 Å². The fourth-order valence-electron chi connectivity index (χ4n) is 5.13. The van der Waals surface area contributed by atoms with Crippen molar-refractivity contribution < 1.29 is 14.6 Å². The molecule has 0 saturated carbocycles. The van der Waals surface area contributed by atoms with Gasteiger partial charge in [-0.05, 0) is 48.1 Å². The number of hydrogen-bond acceptors (Lipinski definition) is 5. The lowest BCUT2D eigenvalue weighted by atomic mass is 9.97. The molecule has 1 saturated heterocycles. The zero-order valence-corrected chi connectivity index (χ0v) is 18.6. The highest BCUT2D eigenvalue weighted by atomic mass is 16.5. The SMILES string of the molecule is O=C1c2cc(NC[C@H]3CCOC3)ccc2CCN1C[C@@H](O)CN1CCc2ccccc2C1. The van der Waals surface area contributed by atoms with Gasteiger partial charge in [0.25, 0.3) is 5.91 Å². The summed E-state index contributed by atoms with van der Waals surface area (Å²) in [6.07, 6.45) is 2.39. The van der Waals surface area contributed by atoms with Gasteiger partial charge in [0.1, 0.15) is 0 Å². The van der Waals surface area contributed by atoms with Gasteiger partial charge in [0.05, 0.1) is 12.7 Å². The van der Waals surface area contributed by atoms with Gasteiger partial charge < -0.3 is 20.1 Å². The van der Waals surface area contributed by atoms with Crippen LogP contribution in [0.2, 0.25) is 0 Å². The molecule has 0 bridgehead atoms. The lowest BCUT2D eigenvalue weighted by Crippen LogP contribution is -2.46. The minimum absolute atomic E-state index is 0.0298. The van der Waals surface area contributed by atoms with Crippen LogP contribution in [0, 0.1) is 5.92 Å². The summed E-state index contributed by atoms with van der Waals surface area (Å²) in [6, 6.07) is 14.6. The van der Waals surface area contributed by atoms with Crippen molar-refractivity contribution in [3.05, 3.63) is 64.7 Å². The summed E-state index contributed by atoms with van der Waals surface area (Å²) < 4.78 is 5.45. The van der Waals surface area contributed by atoms with Gasteiger partial charge in [-0.2, -0.15) is 0 Å². The van der Waals surface area contributed by atoms with Crippen LogP contribution in [0.5, 0.6) is 0 Å². The fourth-order valence-corrected chi connectivity index (χ4v) is 5.13. The van der Waals surface area contributed by atoms with Crippen molar-refractivity contribution in [2.75, 3.05) is 51.3 Å². The largest absolute Gasteiger partial charge is 0.390 e. The minimum atomic E-state index is -0.547. The second-order valence-electron chi connectivity index (χ2n) is 9.39. The maximum Gasteiger partial charge on any atom is 0.254 e. The zero-order valence-electron chi connectivity index (χ0n) is 18.6. The molecule has 2 N–H and O–H groups in total. The first-order chi connectivity index (χ1) is 15.7. The average molecular weight is 436 g/mol. The first-order valence-electron chi connectivity index (χ1n) is 11.9. The lowest BCUT2D eigenvalue weighted by molar-refractivity contribution is 0.0493. The van der Waals surface area contributed by atoms with E-state index in [-0.39, 0.29) is 5.91 Å². The smallest absolute Gasteiger partial charge is 0.254 e. The third-order valence-corrected chi connectivity index (χ3v) is 7.01. The molecule has 2 atom stereocenters. The number of rotatable bonds is 7. The van der Waals surface area contributed by atoms with Crippen LogP contribution < -0.4 is 5.32 Å². The number of amides is 1. The van der Waals surface area contributed by atoms with Crippen molar-refractivity contribution in [1.82, 2.24) is 9.80 Å². The highest BCUT2D eigenvalue weighted by Gasteiger charge is 2.27. The van der Waals surface area contributed by atoms with E-state index in [2.05, 4.69) is 46.6 Å². The summed E-state index contributed by atoms with van der Waals surface area (Å²) >= 11 is 0. The molecular formula is C26H33N3O3. The molecule has 0 unspecified atom stereocenters. The summed E-state index contributed by atoms with van der Waals surface area (Å²) in [4.78, 5) is 17.3. The first kappa shape index (κ1) is 21.4. The maximum absolute atomic E-state index is 13.2. The summed E-state index contributed by atoms with van der Waals surface area (Å²) in [5.41, 5.74) is 5.61. The van der Waals surface area contributed by atoms with Gasteiger partial charge in [0.2, 0.25) is 0 Å². The number of nitrogens with zero attached hydrogens (tertiary/aromatic N) is 2. The van der Waals surface area contributed by atoms with Crippen LogP contribution in [-0.4, -0.2) is 72.9 Å². The molecule has 5 rings (SSSR count). The summed E-state index contributed by atoms with van der Waals surface area (Å²) in [6.45, 7) is 5.98. The topological polar surface area (TPSA) is 65.0 Å². The Balaban J connectivity index is 1.17. The van der Waals surface area contributed by atoms with Crippen LogP contribution in [0.15, 0.2) is 42.5 Å². The van der Waals surface area contributed by atoms with E-state index in [4.69, 9.17) is 4.74 Å². The number of ether oxygens (including phenoxy) is 1. The van der Waals surface area contributed by atoms with Crippen LogP contribution in [0.3, 0.4) is 0 Å². The number of aliphatic hydroxyl groups is 1. The van der Waals surface area contributed by atoms with Crippen LogP contribution in [-0.2, 0) is 24.1 Å². The number of aliphatic hydroxyl groups excluding tert-OH is 1. The van der Waals surface area contributed by atoms with Crippen molar-refractivity contribution >= 4 is 11.6 Å². The number of nitrogens with one attached hydrogen (secondary N) is 1. The zero-order chi connectivity index (χ0) is 21.9. The molecular weight excluding hydrogens is 402 g/mol. The van der Waals surface area contributed by atoms with E-state index < -0.39 is 6.10 Å². The number of carbonyl (C=O) groups is 1. The molecule has 3 aliphatic heterocycles. The average Bonchev–Trinajstić information content (AvgIpc) is 3.33. The molecule has 2 aromatic rings. The molecule has 0 aliphatic carbocycles. The number of benzene rings is 2. The van der Waals surface area contributed by atoms with E-state index >= 15 is 0 Å². The highest BCUT2D eigenvalue weighted by molar-refractivity contribution is 5.97. The molecule has 6 nitrogen and oxygen atoms in total. The van der Waals surface area contributed by atoms with E-state index in [1.54, 1.807) is 0 Å². The molecule has 170 valence electrons. The second kappa shape index (κ2) is 9.61. The number of β-amino-alcohol motifs (C(OH)–C–C–N with tert-alkyl or cyclic N) is 1.